The van der Waals surface area contributed by atoms with Gasteiger partial charge in [-0.3, -0.25) is 4.72 Å². The lowest BCUT2D eigenvalue weighted by atomic mass is 10.3. The highest BCUT2D eigenvalue weighted by Crippen LogP contribution is 2.27. The Labute approximate surface area is 120 Å². The third-order valence-corrected chi connectivity index (χ3v) is 3.90. The molecule has 2 aromatic rings. The van der Waals surface area contributed by atoms with Gasteiger partial charge in [-0.15, -0.1) is 0 Å². The smallest absolute Gasteiger partial charge is 0.262 e. The van der Waals surface area contributed by atoms with Crippen molar-refractivity contribution in [3.63, 3.8) is 0 Å². The molecule has 0 bridgehead atoms. The van der Waals surface area contributed by atoms with E-state index in [9.17, 15) is 34.8 Å². The van der Waals surface area contributed by atoms with Crippen molar-refractivity contribution in [3.05, 3.63) is 59.2 Å². The summed E-state index contributed by atoms with van der Waals surface area (Å²) in [7, 11) is -4.80. The zero-order valence-electron chi connectivity index (χ0n) is 10.3. The van der Waals surface area contributed by atoms with Gasteiger partial charge in [-0.25, -0.2) is 34.8 Å². The molecule has 1 N–H and O–H groups in total. The molecule has 0 saturated heterocycles. The Bertz CT molecular complexity index is 827. The third-order valence-electron chi connectivity index (χ3n) is 2.55. The van der Waals surface area contributed by atoms with Gasteiger partial charge in [-0.2, -0.15) is 0 Å². The molecule has 0 atom stereocenters. The van der Waals surface area contributed by atoms with Gasteiger partial charge in [-0.05, 0) is 18.2 Å². The molecule has 10 heteroatoms. The van der Waals surface area contributed by atoms with Crippen LogP contribution in [0.3, 0.4) is 0 Å². The molecule has 0 aliphatic heterocycles. The minimum atomic E-state index is -4.80. The van der Waals surface area contributed by atoms with Crippen molar-refractivity contribution in [3.8, 4) is 0 Å². The van der Waals surface area contributed by atoms with Crippen LogP contribution in [-0.4, -0.2) is 8.42 Å². The fourth-order valence-electron chi connectivity index (χ4n) is 1.50. The molecule has 0 aliphatic carbocycles. The van der Waals surface area contributed by atoms with E-state index in [1.165, 1.54) is 4.72 Å². The van der Waals surface area contributed by atoms with Gasteiger partial charge in [0.1, 0.15) is 5.69 Å². The number of halogens is 6. The molecule has 0 aromatic heterocycles. The monoisotopic (exact) mass is 341 g/mol. The second-order valence-electron chi connectivity index (χ2n) is 4.02. The molecule has 0 fully saturated rings. The van der Waals surface area contributed by atoms with E-state index in [1.807, 2.05) is 0 Å². The maximum absolute atomic E-state index is 13.4. The fourth-order valence-corrected chi connectivity index (χ4v) is 2.57. The Morgan fingerprint density at radius 1 is 0.727 bits per heavy atom. The lowest BCUT2D eigenvalue weighted by Crippen LogP contribution is -2.17. The summed E-state index contributed by atoms with van der Waals surface area (Å²) in [5.74, 6) is -10.5. The highest BCUT2D eigenvalue weighted by Gasteiger charge is 2.25. The summed E-state index contributed by atoms with van der Waals surface area (Å²) in [6, 6.07) is 1.19. The van der Waals surface area contributed by atoms with Crippen LogP contribution in [0, 0.1) is 34.9 Å². The number of benzene rings is 2. The van der Waals surface area contributed by atoms with E-state index >= 15 is 0 Å². The lowest BCUT2D eigenvalue weighted by molar-refractivity contribution is 0.459. The first-order valence-electron chi connectivity index (χ1n) is 5.44. The van der Waals surface area contributed by atoms with Crippen LogP contribution in [0.4, 0.5) is 32.0 Å². The molecule has 0 radical (unpaired) electrons. The molecular formula is C12H5F6NO2S. The van der Waals surface area contributed by atoms with Gasteiger partial charge in [0, 0.05) is 6.07 Å². The van der Waals surface area contributed by atoms with Crippen molar-refractivity contribution in [1.82, 2.24) is 0 Å². The fraction of sp³-hybridized carbons (Fsp3) is 0. The van der Waals surface area contributed by atoms with E-state index in [4.69, 9.17) is 0 Å². The van der Waals surface area contributed by atoms with Crippen LogP contribution in [0.2, 0.25) is 0 Å². The van der Waals surface area contributed by atoms with E-state index in [0.29, 0.717) is 12.1 Å². The molecule has 2 rings (SSSR count). The first-order valence-corrected chi connectivity index (χ1v) is 6.92. The van der Waals surface area contributed by atoms with Crippen molar-refractivity contribution in [2.24, 2.45) is 0 Å². The average Bonchev–Trinajstić information content (AvgIpc) is 2.44. The molecule has 0 amide bonds. The molecule has 3 nitrogen and oxygen atoms in total. The van der Waals surface area contributed by atoms with Crippen LogP contribution in [-0.2, 0) is 10.0 Å². The van der Waals surface area contributed by atoms with Gasteiger partial charge in [-0.1, -0.05) is 0 Å². The average molecular weight is 341 g/mol. The zero-order chi connectivity index (χ0) is 16.7. The molecule has 0 aliphatic rings. The van der Waals surface area contributed by atoms with E-state index in [2.05, 4.69) is 0 Å². The summed E-state index contributed by atoms with van der Waals surface area (Å²) in [5.41, 5.74) is -1.61. The third kappa shape index (κ3) is 2.86. The maximum Gasteiger partial charge on any atom is 0.262 e. The number of rotatable bonds is 3. The second kappa shape index (κ2) is 5.52. The van der Waals surface area contributed by atoms with Crippen molar-refractivity contribution >= 4 is 15.7 Å². The van der Waals surface area contributed by atoms with Gasteiger partial charge >= 0.3 is 0 Å². The number of sulfonamides is 1. The van der Waals surface area contributed by atoms with Crippen LogP contribution in [0.1, 0.15) is 0 Å². The van der Waals surface area contributed by atoms with Crippen LogP contribution in [0.5, 0.6) is 0 Å². The normalized spacial score (nSPS) is 11.5. The first-order chi connectivity index (χ1) is 10.1. The highest BCUT2D eigenvalue weighted by atomic mass is 32.2. The Morgan fingerprint density at radius 2 is 1.27 bits per heavy atom. The molecule has 0 saturated carbocycles. The topological polar surface area (TPSA) is 46.2 Å². The van der Waals surface area contributed by atoms with Crippen LogP contribution >= 0.6 is 0 Å². The quantitative estimate of drug-likeness (QED) is 0.688. The van der Waals surface area contributed by atoms with Gasteiger partial charge in [0.2, 0.25) is 0 Å². The van der Waals surface area contributed by atoms with E-state index in [1.54, 1.807) is 0 Å². The summed E-state index contributed by atoms with van der Waals surface area (Å²) >= 11 is 0. The largest absolute Gasteiger partial charge is 0.274 e. The SMILES string of the molecule is O=S(=O)(Nc1c(F)c(F)cc(F)c1F)c1ccc(F)c(F)c1. The van der Waals surface area contributed by atoms with Gasteiger partial charge < -0.3 is 0 Å². The molecule has 2 aromatic carbocycles. The lowest BCUT2D eigenvalue weighted by Gasteiger charge is -2.11. The summed E-state index contributed by atoms with van der Waals surface area (Å²) in [6.45, 7) is 0. The molecule has 0 heterocycles. The Morgan fingerprint density at radius 3 is 1.77 bits per heavy atom. The summed E-state index contributed by atoms with van der Waals surface area (Å²) in [5, 5.41) is 0. The Hall–Kier alpha value is -2.23. The molecule has 0 spiro atoms. The first kappa shape index (κ1) is 16.1. The summed E-state index contributed by atoms with van der Waals surface area (Å²) < 4.78 is 103. The maximum atomic E-state index is 13.4. The molecule has 0 unspecified atom stereocenters. The number of hydrogen-bond donors (Lipinski definition) is 1. The Kier molecular flexibility index (Phi) is 4.05. The number of anilines is 1. The van der Waals surface area contributed by atoms with Gasteiger partial charge in [0.25, 0.3) is 10.0 Å². The number of hydrogen-bond acceptors (Lipinski definition) is 2. The van der Waals surface area contributed by atoms with Crippen molar-refractivity contribution < 1.29 is 34.8 Å². The Balaban J connectivity index is 2.52. The summed E-state index contributed by atoms with van der Waals surface area (Å²) in [4.78, 5) is -0.894. The molecule has 118 valence electrons. The minimum absolute atomic E-state index is 0.111. The van der Waals surface area contributed by atoms with E-state index in [0.717, 1.165) is 0 Å². The van der Waals surface area contributed by atoms with Crippen molar-refractivity contribution in [2.45, 2.75) is 4.90 Å². The van der Waals surface area contributed by atoms with Crippen molar-refractivity contribution in [1.29, 1.82) is 0 Å². The standard InChI is InChI=1S/C12H5F6NO2S/c13-6-2-1-5(3-7(6)14)22(20,21)19-12-10(17)8(15)4-9(16)11(12)18/h1-4,19H. The van der Waals surface area contributed by atoms with Crippen LogP contribution in [0.15, 0.2) is 29.2 Å². The van der Waals surface area contributed by atoms with Crippen LogP contribution in [0.25, 0.3) is 0 Å². The number of nitrogens with one attached hydrogen (secondary N) is 1. The van der Waals surface area contributed by atoms with Crippen LogP contribution < -0.4 is 4.72 Å². The predicted molar refractivity (Wildman–Crippen MR) is 63.4 cm³/mol. The van der Waals surface area contributed by atoms with Crippen molar-refractivity contribution in [2.75, 3.05) is 4.72 Å². The predicted octanol–water partition coefficient (Wildman–Crippen LogP) is 3.32. The van der Waals surface area contributed by atoms with Gasteiger partial charge in [0.05, 0.1) is 4.90 Å². The zero-order valence-corrected chi connectivity index (χ0v) is 11.1. The second-order valence-corrected chi connectivity index (χ2v) is 5.71. The van der Waals surface area contributed by atoms with E-state index in [-0.39, 0.29) is 12.1 Å². The summed E-state index contributed by atoms with van der Waals surface area (Å²) in [6.07, 6.45) is 0. The van der Waals surface area contributed by atoms with E-state index < -0.39 is 55.5 Å². The minimum Gasteiger partial charge on any atom is -0.274 e. The molecule has 22 heavy (non-hydrogen) atoms. The molecular weight excluding hydrogens is 336 g/mol. The highest BCUT2D eigenvalue weighted by molar-refractivity contribution is 7.92. The van der Waals surface area contributed by atoms with Gasteiger partial charge in [0.15, 0.2) is 34.9 Å².